The highest BCUT2D eigenvalue weighted by molar-refractivity contribution is 7.22. The number of rotatable bonds is 7. The van der Waals surface area contributed by atoms with Crippen molar-refractivity contribution in [2.24, 2.45) is 0 Å². The monoisotopic (exact) mass is 458 g/mol. The molecule has 0 aliphatic carbocycles. The van der Waals surface area contributed by atoms with E-state index in [1.54, 1.807) is 24.3 Å². The molecule has 0 atom stereocenters. The molecule has 0 radical (unpaired) electrons. The molecule has 0 aliphatic rings. The van der Waals surface area contributed by atoms with Gasteiger partial charge < -0.3 is 13.9 Å². The van der Waals surface area contributed by atoms with E-state index in [4.69, 9.17) is 18.9 Å². The van der Waals surface area contributed by atoms with Crippen LogP contribution in [-0.2, 0) is 6.54 Å². The normalized spacial score (nSPS) is 11.1. The van der Waals surface area contributed by atoms with Gasteiger partial charge in [0.2, 0.25) is 0 Å². The minimum Gasteiger partial charge on any atom is -0.496 e. The summed E-state index contributed by atoms with van der Waals surface area (Å²) in [4.78, 5) is 20.3. The van der Waals surface area contributed by atoms with Gasteiger partial charge in [-0.25, -0.2) is 4.98 Å². The fourth-order valence-corrected chi connectivity index (χ4v) is 4.77. The van der Waals surface area contributed by atoms with Crippen molar-refractivity contribution in [1.82, 2.24) is 4.98 Å². The van der Waals surface area contributed by atoms with Crippen molar-refractivity contribution in [2.75, 3.05) is 18.6 Å². The molecule has 0 saturated carbocycles. The van der Waals surface area contributed by atoms with E-state index in [0.717, 1.165) is 21.0 Å². The molecule has 1 amide bonds. The summed E-state index contributed by atoms with van der Waals surface area (Å²) in [6, 6.07) is 21.1. The van der Waals surface area contributed by atoms with E-state index in [1.165, 1.54) is 11.3 Å². The van der Waals surface area contributed by atoms with Crippen LogP contribution in [0.5, 0.6) is 11.5 Å². The van der Waals surface area contributed by atoms with E-state index in [0.29, 0.717) is 34.6 Å². The first-order valence-corrected chi connectivity index (χ1v) is 11.4. The smallest absolute Gasteiger partial charge is 0.264 e. The first-order chi connectivity index (χ1) is 16.2. The molecule has 0 unspecified atom stereocenters. The molecule has 33 heavy (non-hydrogen) atoms. The number of furan rings is 1. The van der Waals surface area contributed by atoms with Gasteiger partial charge >= 0.3 is 0 Å². The van der Waals surface area contributed by atoms with Crippen LogP contribution in [0.1, 0.15) is 23.0 Å². The Labute approximate surface area is 195 Å². The van der Waals surface area contributed by atoms with Gasteiger partial charge in [-0.1, -0.05) is 41.7 Å². The van der Waals surface area contributed by atoms with Gasteiger partial charge in [-0.2, -0.15) is 0 Å². The maximum absolute atomic E-state index is 13.9. The summed E-state index contributed by atoms with van der Waals surface area (Å²) in [5, 5.41) is 2.53. The van der Waals surface area contributed by atoms with Crippen LogP contribution in [0.25, 0.3) is 21.0 Å². The highest BCUT2D eigenvalue weighted by atomic mass is 32.1. The van der Waals surface area contributed by atoms with Gasteiger partial charge in [-0.3, -0.25) is 9.69 Å². The van der Waals surface area contributed by atoms with E-state index in [2.05, 4.69) is 0 Å². The summed E-state index contributed by atoms with van der Waals surface area (Å²) in [7, 11) is 1.57. The summed E-state index contributed by atoms with van der Waals surface area (Å²) in [5.74, 6) is 1.66. The number of thiazole rings is 1. The molecule has 0 aliphatic heterocycles. The molecule has 3 aromatic carbocycles. The molecule has 5 aromatic rings. The lowest BCUT2D eigenvalue weighted by Gasteiger charge is -2.20. The molecule has 0 spiro atoms. The van der Waals surface area contributed by atoms with Gasteiger partial charge in [0.25, 0.3) is 5.91 Å². The predicted molar refractivity (Wildman–Crippen MR) is 131 cm³/mol. The fraction of sp³-hybridized carbons (Fsp3) is 0.154. The molecular formula is C26H22N2O4S. The summed E-state index contributed by atoms with van der Waals surface area (Å²) in [6.45, 7) is 2.71. The van der Waals surface area contributed by atoms with E-state index >= 15 is 0 Å². The third-order valence-corrected chi connectivity index (χ3v) is 6.38. The number of carbonyl (C=O) groups excluding carboxylic acids is 1. The Morgan fingerprint density at radius 1 is 1.03 bits per heavy atom. The molecule has 0 fully saturated rings. The topological polar surface area (TPSA) is 64.8 Å². The molecule has 0 bridgehead atoms. The fourth-order valence-electron chi connectivity index (χ4n) is 3.78. The van der Waals surface area contributed by atoms with Crippen LogP contribution < -0.4 is 14.4 Å². The van der Waals surface area contributed by atoms with Crippen LogP contribution in [-0.4, -0.2) is 24.6 Å². The minimum atomic E-state index is -0.217. The number of aromatic nitrogens is 1. The molecule has 2 heterocycles. The lowest BCUT2D eigenvalue weighted by Crippen LogP contribution is -2.30. The van der Waals surface area contributed by atoms with Gasteiger partial charge in [-0.15, -0.1) is 0 Å². The van der Waals surface area contributed by atoms with Crippen molar-refractivity contribution in [2.45, 2.75) is 13.5 Å². The van der Waals surface area contributed by atoms with Crippen LogP contribution in [0, 0.1) is 0 Å². The van der Waals surface area contributed by atoms with Gasteiger partial charge in [0.05, 0.1) is 36.8 Å². The summed E-state index contributed by atoms with van der Waals surface area (Å²) in [5.41, 5.74) is 1.20. The largest absolute Gasteiger partial charge is 0.496 e. The average Bonchev–Trinajstić information content (AvgIpc) is 3.51. The molecule has 166 valence electrons. The Balaban J connectivity index is 1.63. The van der Waals surface area contributed by atoms with E-state index < -0.39 is 0 Å². The number of para-hydroxylation sites is 1. The second-order valence-corrected chi connectivity index (χ2v) is 8.41. The van der Waals surface area contributed by atoms with Crippen molar-refractivity contribution in [3.63, 3.8) is 0 Å². The summed E-state index contributed by atoms with van der Waals surface area (Å²) >= 11 is 1.44. The van der Waals surface area contributed by atoms with Crippen LogP contribution in [0.15, 0.2) is 77.4 Å². The number of carbonyl (C=O) groups is 1. The molecule has 6 nitrogen and oxygen atoms in total. The Morgan fingerprint density at radius 2 is 1.85 bits per heavy atom. The number of nitrogens with zero attached hydrogens (tertiary/aromatic N) is 2. The van der Waals surface area contributed by atoms with Gasteiger partial charge in [-0.05, 0) is 54.1 Å². The number of amides is 1. The number of benzene rings is 3. The van der Waals surface area contributed by atoms with E-state index in [9.17, 15) is 4.79 Å². The van der Waals surface area contributed by atoms with Crippen LogP contribution >= 0.6 is 11.3 Å². The maximum Gasteiger partial charge on any atom is 0.264 e. The number of hydrogen-bond donors (Lipinski definition) is 0. The Hall–Kier alpha value is -3.84. The molecule has 5 rings (SSSR count). The Bertz CT molecular complexity index is 1430. The number of methoxy groups -OCH3 is 1. The molecule has 2 aromatic heterocycles. The van der Waals surface area contributed by atoms with E-state index in [-0.39, 0.29) is 12.5 Å². The first-order valence-electron chi connectivity index (χ1n) is 10.6. The van der Waals surface area contributed by atoms with Crippen molar-refractivity contribution in [1.29, 1.82) is 0 Å². The Kier molecular flexibility index (Phi) is 5.71. The third kappa shape index (κ3) is 4.03. The number of fused-ring (bicyclic) bond motifs is 2. The van der Waals surface area contributed by atoms with Crippen molar-refractivity contribution < 1.29 is 18.7 Å². The molecular weight excluding hydrogens is 436 g/mol. The zero-order valence-corrected chi connectivity index (χ0v) is 19.1. The van der Waals surface area contributed by atoms with Crippen molar-refractivity contribution in [3.8, 4) is 11.5 Å². The molecule has 0 saturated heterocycles. The second kappa shape index (κ2) is 8.96. The lowest BCUT2D eigenvalue weighted by molar-refractivity contribution is 0.0980. The van der Waals surface area contributed by atoms with Crippen LogP contribution in [0.4, 0.5) is 5.13 Å². The minimum absolute atomic E-state index is 0.217. The zero-order valence-electron chi connectivity index (χ0n) is 18.3. The van der Waals surface area contributed by atoms with Crippen molar-refractivity contribution >= 4 is 43.4 Å². The SMILES string of the molecule is CCOc1cccc2sc(N(Cc3ccco3)C(=O)c3cc4ccccc4cc3OC)nc12. The Morgan fingerprint density at radius 3 is 2.58 bits per heavy atom. The van der Waals surface area contributed by atoms with Gasteiger partial charge in [0.15, 0.2) is 5.13 Å². The van der Waals surface area contributed by atoms with Crippen LogP contribution in [0.3, 0.4) is 0 Å². The average molecular weight is 459 g/mol. The highest BCUT2D eigenvalue weighted by Crippen LogP contribution is 2.36. The van der Waals surface area contributed by atoms with Gasteiger partial charge in [0.1, 0.15) is 22.8 Å². The zero-order chi connectivity index (χ0) is 22.8. The summed E-state index contributed by atoms with van der Waals surface area (Å²) in [6.07, 6.45) is 1.60. The molecule has 0 N–H and O–H groups in total. The standard InChI is InChI=1S/C26H22N2O4S/c1-3-31-21-11-6-12-23-24(21)27-26(33-23)28(16-19-10-7-13-32-19)25(29)20-14-17-8-4-5-9-18(17)15-22(20)30-2/h4-15H,3,16H2,1-2H3. The van der Waals surface area contributed by atoms with Crippen molar-refractivity contribution in [3.05, 3.63) is 84.3 Å². The number of ether oxygens (including phenoxy) is 2. The summed E-state index contributed by atoms with van der Waals surface area (Å²) < 4.78 is 17.9. The number of anilines is 1. The second-order valence-electron chi connectivity index (χ2n) is 7.40. The lowest BCUT2D eigenvalue weighted by atomic mass is 10.0. The predicted octanol–water partition coefficient (Wildman–Crippen LogP) is 6.30. The van der Waals surface area contributed by atoms with Gasteiger partial charge in [0, 0.05) is 0 Å². The quantitative estimate of drug-likeness (QED) is 0.286. The van der Waals surface area contributed by atoms with E-state index in [1.807, 2.05) is 67.6 Å². The first kappa shape index (κ1) is 21.0. The molecule has 7 heteroatoms. The highest BCUT2D eigenvalue weighted by Gasteiger charge is 2.26. The number of hydrogen-bond acceptors (Lipinski definition) is 6. The van der Waals surface area contributed by atoms with Crippen LogP contribution in [0.2, 0.25) is 0 Å². The maximum atomic E-state index is 13.9. The third-order valence-electron chi connectivity index (χ3n) is 5.34.